The van der Waals surface area contributed by atoms with Crippen LogP contribution in [0.25, 0.3) is 6.08 Å². The van der Waals surface area contributed by atoms with E-state index in [1.165, 1.54) is 12.1 Å². The Morgan fingerprint density at radius 2 is 2.13 bits per heavy atom. The van der Waals surface area contributed by atoms with Gasteiger partial charge in [-0.25, -0.2) is 8.78 Å². The molecule has 31 heavy (non-hydrogen) atoms. The standard InChI is InChI=1S/C23H26F2N4O2/c1-15-10-17(16(2)29(15)8-9-31-3)11-18(13-26)23(30)27-20-6-7-28(14-20)22-5-4-19(24)12-21(22)25/h4-5,10-12,20H,6-9,14H2,1-3H3,(H,27,30)/b18-11-. The molecule has 8 heteroatoms. The first-order valence-electron chi connectivity index (χ1n) is 10.1. The molecule has 2 aromatic rings. The Morgan fingerprint density at radius 1 is 1.35 bits per heavy atom. The van der Waals surface area contributed by atoms with Crippen LogP contribution in [-0.2, 0) is 16.1 Å². The minimum Gasteiger partial charge on any atom is -0.383 e. The van der Waals surface area contributed by atoms with E-state index in [9.17, 15) is 18.8 Å². The number of nitrogens with one attached hydrogen (secondary N) is 1. The van der Waals surface area contributed by atoms with Gasteiger partial charge in [0.15, 0.2) is 0 Å². The summed E-state index contributed by atoms with van der Waals surface area (Å²) in [6.07, 6.45) is 2.19. The topological polar surface area (TPSA) is 70.3 Å². The molecule has 1 amide bonds. The van der Waals surface area contributed by atoms with Crippen molar-refractivity contribution in [3.05, 3.63) is 58.4 Å². The smallest absolute Gasteiger partial charge is 0.262 e. The highest BCUT2D eigenvalue weighted by Gasteiger charge is 2.27. The number of carbonyl (C=O) groups is 1. The van der Waals surface area contributed by atoms with E-state index in [-0.39, 0.29) is 11.6 Å². The first-order chi connectivity index (χ1) is 14.8. The molecule has 0 spiro atoms. The van der Waals surface area contributed by atoms with Gasteiger partial charge in [0.1, 0.15) is 23.3 Å². The molecule has 3 rings (SSSR count). The van der Waals surface area contributed by atoms with Crippen LogP contribution < -0.4 is 10.2 Å². The van der Waals surface area contributed by atoms with E-state index in [2.05, 4.69) is 9.88 Å². The highest BCUT2D eigenvalue weighted by molar-refractivity contribution is 6.02. The number of aromatic nitrogens is 1. The molecule has 1 N–H and O–H groups in total. The number of carbonyl (C=O) groups excluding carboxylic acids is 1. The van der Waals surface area contributed by atoms with Crippen LogP contribution in [0.2, 0.25) is 0 Å². The maximum absolute atomic E-state index is 14.0. The van der Waals surface area contributed by atoms with Gasteiger partial charge in [-0.3, -0.25) is 4.79 Å². The number of halogens is 2. The van der Waals surface area contributed by atoms with Crippen LogP contribution in [0.15, 0.2) is 29.8 Å². The van der Waals surface area contributed by atoms with E-state index < -0.39 is 17.5 Å². The van der Waals surface area contributed by atoms with Crippen LogP contribution >= 0.6 is 0 Å². The number of methoxy groups -OCH3 is 1. The molecule has 0 radical (unpaired) electrons. The van der Waals surface area contributed by atoms with Crippen molar-refractivity contribution in [3.63, 3.8) is 0 Å². The normalized spacial score (nSPS) is 16.5. The van der Waals surface area contributed by atoms with Crippen molar-refractivity contribution in [1.82, 2.24) is 9.88 Å². The quantitative estimate of drug-likeness (QED) is 0.543. The zero-order valence-electron chi connectivity index (χ0n) is 17.9. The zero-order chi connectivity index (χ0) is 22.5. The van der Waals surface area contributed by atoms with Gasteiger partial charge in [0.2, 0.25) is 0 Å². The van der Waals surface area contributed by atoms with Crippen LogP contribution in [0.3, 0.4) is 0 Å². The van der Waals surface area contributed by atoms with Crippen molar-refractivity contribution in [2.24, 2.45) is 0 Å². The molecule has 1 fully saturated rings. The summed E-state index contributed by atoms with van der Waals surface area (Å²) < 4.78 is 34.4. The molecule has 1 aromatic heterocycles. The average molecular weight is 428 g/mol. The van der Waals surface area contributed by atoms with Gasteiger partial charge in [0, 0.05) is 50.2 Å². The minimum atomic E-state index is -0.631. The van der Waals surface area contributed by atoms with Crippen LogP contribution in [0.1, 0.15) is 23.4 Å². The van der Waals surface area contributed by atoms with E-state index in [4.69, 9.17) is 4.74 Å². The van der Waals surface area contributed by atoms with Gasteiger partial charge in [0.25, 0.3) is 5.91 Å². The minimum absolute atomic E-state index is 0.0124. The van der Waals surface area contributed by atoms with E-state index in [0.717, 1.165) is 23.0 Å². The molecule has 2 heterocycles. The van der Waals surface area contributed by atoms with Crippen molar-refractivity contribution >= 4 is 17.7 Å². The SMILES string of the molecule is COCCn1c(C)cc(/C=C(/C#N)C(=O)NC2CCN(c3ccc(F)cc3F)C2)c1C. The summed E-state index contributed by atoms with van der Waals surface area (Å²) in [5.74, 6) is -1.72. The molecule has 0 aliphatic carbocycles. The predicted octanol–water partition coefficient (Wildman–Crippen LogP) is 3.33. The molecule has 1 aliphatic heterocycles. The van der Waals surface area contributed by atoms with Gasteiger partial charge in [-0.2, -0.15) is 5.26 Å². The summed E-state index contributed by atoms with van der Waals surface area (Å²) in [6, 6.07) is 7.14. The highest BCUT2D eigenvalue weighted by atomic mass is 19.1. The zero-order valence-corrected chi connectivity index (χ0v) is 17.9. The summed E-state index contributed by atoms with van der Waals surface area (Å²) in [5, 5.41) is 12.4. The molecule has 164 valence electrons. The lowest BCUT2D eigenvalue weighted by Crippen LogP contribution is -2.37. The third-order valence-electron chi connectivity index (χ3n) is 5.57. The average Bonchev–Trinajstić information content (AvgIpc) is 3.28. The van der Waals surface area contributed by atoms with E-state index in [1.54, 1.807) is 18.1 Å². The number of nitrogens with zero attached hydrogens (tertiary/aromatic N) is 3. The van der Waals surface area contributed by atoms with Crippen LogP contribution in [0, 0.1) is 36.8 Å². The van der Waals surface area contributed by atoms with Gasteiger partial charge in [0.05, 0.1) is 12.3 Å². The molecular weight excluding hydrogens is 402 g/mol. The van der Waals surface area contributed by atoms with Crippen molar-refractivity contribution in [1.29, 1.82) is 5.26 Å². The third-order valence-corrected chi connectivity index (χ3v) is 5.57. The number of ether oxygens (including phenoxy) is 1. The third kappa shape index (κ3) is 5.12. The van der Waals surface area contributed by atoms with Gasteiger partial charge >= 0.3 is 0 Å². The Balaban J connectivity index is 1.69. The summed E-state index contributed by atoms with van der Waals surface area (Å²) >= 11 is 0. The molecule has 1 atom stereocenters. The number of hydrogen-bond donors (Lipinski definition) is 1. The monoisotopic (exact) mass is 428 g/mol. The lowest BCUT2D eigenvalue weighted by atomic mass is 10.1. The molecule has 6 nitrogen and oxygen atoms in total. The number of amides is 1. The summed E-state index contributed by atoms with van der Waals surface area (Å²) in [4.78, 5) is 14.5. The van der Waals surface area contributed by atoms with Crippen LogP contribution in [0.4, 0.5) is 14.5 Å². The van der Waals surface area contributed by atoms with Crippen molar-refractivity contribution < 1.29 is 18.3 Å². The van der Waals surface area contributed by atoms with Gasteiger partial charge in [-0.05, 0) is 50.1 Å². The fraction of sp³-hybridized carbons (Fsp3) is 0.391. The number of hydrogen-bond acceptors (Lipinski definition) is 4. The van der Waals surface area contributed by atoms with E-state index in [0.29, 0.717) is 38.3 Å². The van der Waals surface area contributed by atoms with Crippen LogP contribution in [0.5, 0.6) is 0 Å². The summed E-state index contributed by atoms with van der Waals surface area (Å²) in [6.45, 7) is 6.07. The Hall–Kier alpha value is -3.18. The largest absolute Gasteiger partial charge is 0.383 e. The molecule has 1 unspecified atom stereocenters. The van der Waals surface area contributed by atoms with E-state index in [1.807, 2.05) is 26.0 Å². The fourth-order valence-corrected chi connectivity index (χ4v) is 3.90. The van der Waals surface area contributed by atoms with Crippen molar-refractivity contribution in [2.45, 2.75) is 32.9 Å². The van der Waals surface area contributed by atoms with Gasteiger partial charge in [-0.1, -0.05) is 0 Å². The molecule has 0 saturated carbocycles. The predicted molar refractivity (Wildman–Crippen MR) is 114 cm³/mol. The number of anilines is 1. The summed E-state index contributed by atoms with van der Waals surface area (Å²) in [5.41, 5.74) is 3.10. The second-order valence-electron chi connectivity index (χ2n) is 7.64. The second kappa shape index (κ2) is 9.75. The molecule has 1 aromatic carbocycles. The Bertz CT molecular complexity index is 1040. The highest BCUT2D eigenvalue weighted by Crippen LogP contribution is 2.25. The van der Waals surface area contributed by atoms with E-state index >= 15 is 0 Å². The number of nitriles is 1. The molecule has 1 aliphatic rings. The van der Waals surface area contributed by atoms with Crippen molar-refractivity contribution in [2.75, 3.05) is 31.7 Å². The number of aryl methyl sites for hydroxylation is 1. The lowest BCUT2D eigenvalue weighted by Gasteiger charge is -2.19. The molecule has 1 saturated heterocycles. The fourth-order valence-electron chi connectivity index (χ4n) is 3.90. The Labute approximate surface area is 180 Å². The first-order valence-corrected chi connectivity index (χ1v) is 10.1. The Kier molecular flexibility index (Phi) is 7.08. The van der Waals surface area contributed by atoms with Gasteiger partial charge in [-0.15, -0.1) is 0 Å². The number of rotatable bonds is 7. The second-order valence-corrected chi connectivity index (χ2v) is 7.64. The lowest BCUT2D eigenvalue weighted by molar-refractivity contribution is -0.117. The van der Waals surface area contributed by atoms with Crippen LogP contribution in [-0.4, -0.2) is 43.3 Å². The molecule has 0 bridgehead atoms. The maximum atomic E-state index is 14.0. The van der Waals surface area contributed by atoms with Crippen molar-refractivity contribution in [3.8, 4) is 6.07 Å². The maximum Gasteiger partial charge on any atom is 0.262 e. The first kappa shape index (κ1) is 22.5. The molecular formula is C23H26F2N4O2. The van der Waals surface area contributed by atoms with Gasteiger partial charge < -0.3 is 19.5 Å². The Morgan fingerprint density at radius 3 is 2.81 bits per heavy atom. The summed E-state index contributed by atoms with van der Waals surface area (Å²) in [7, 11) is 1.64. The number of benzene rings is 1.